The summed E-state index contributed by atoms with van der Waals surface area (Å²) in [6.07, 6.45) is 39.2. The highest BCUT2D eigenvalue weighted by molar-refractivity contribution is 9.09. The molecule has 0 aromatic rings. The van der Waals surface area contributed by atoms with E-state index in [-0.39, 0.29) is 0 Å². The van der Waals surface area contributed by atoms with Crippen LogP contribution in [-0.4, -0.2) is 39.9 Å². The molecule has 0 spiro atoms. The zero-order chi connectivity index (χ0) is 27.6. The number of halogens is 1. The zero-order valence-corrected chi connectivity index (χ0v) is 28.2. The predicted molar refractivity (Wildman–Crippen MR) is 178 cm³/mol. The second kappa shape index (κ2) is 14.2. The average molecular weight is 630 g/mol. The monoisotopic (exact) mass is 628 g/mol. The van der Waals surface area contributed by atoms with Crippen LogP contribution >= 0.6 is 15.9 Å². The van der Waals surface area contributed by atoms with E-state index in [2.05, 4.69) is 26.1 Å². The van der Waals surface area contributed by atoms with Crippen molar-refractivity contribution in [2.24, 2.45) is 35.5 Å². The maximum absolute atomic E-state index is 4.29. The topological polar surface area (TPSA) is 15.3 Å². The van der Waals surface area contributed by atoms with Crippen LogP contribution in [0, 0.1) is 35.5 Å². The van der Waals surface area contributed by atoms with Crippen molar-refractivity contribution < 1.29 is 0 Å². The largest absolute Gasteiger partial charge is 0.311 e. The molecule has 0 aliphatic heterocycles. The van der Waals surface area contributed by atoms with Gasteiger partial charge in [-0.1, -0.05) is 86.6 Å². The lowest BCUT2D eigenvalue weighted by Gasteiger charge is -2.54. The Morgan fingerprint density at radius 1 is 0.439 bits per heavy atom. The Bertz CT molecular complexity index is 796. The fourth-order valence-corrected chi connectivity index (χ4v) is 13.3. The van der Waals surface area contributed by atoms with Gasteiger partial charge in [0.15, 0.2) is 0 Å². The van der Waals surface area contributed by atoms with Gasteiger partial charge in [-0.15, -0.1) is 0 Å². The second-order valence-corrected chi connectivity index (χ2v) is 18.0. The summed E-state index contributed by atoms with van der Waals surface area (Å²) in [6, 6.07) is 4.38. The fourth-order valence-electron chi connectivity index (χ4n) is 12.6. The van der Waals surface area contributed by atoms with E-state index >= 15 is 0 Å². The van der Waals surface area contributed by atoms with Crippen LogP contribution in [0.2, 0.25) is 0 Å². The molecule has 7 saturated carbocycles. The molecule has 0 aromatic carbocycles. The van der Waals surface area contributed by atoms with Gasteiger partial charge in [-0.2, -0.15) is 0 Å². The van der Waals surface area contributed by atoms with Crippen LogP contribution in [0.5, 0.6) is 0 Å². The molecule has 234 valence electrons. The fraction of sp³-hybridized carbons (Fsp3) is 1.00. The molecule has 0 aromatic heterocycles. The summed E-state index contributed by atoms with van der Waals surface area (Å²) in [5, 5.41) is 4.29. The lowest BCUT2D eigenvalue weighted by atomic mass is 9.66. The molecule has 5 unspecified atom stereocenters. The molecule has 0 saturated heterocycles. The highest BCUT2D eigenvalue weighted by Gasteiger charge is 2.44. The van der Waals surface area contributed by atoms with Gasteiger partial charge in [-0.05, 0) is 132 Å². The molecule has 0 bridgehead atoms. The van der Waals surface area contributed by atoms with Crippen molar-refractivity contribution in [2.45, 2.75) is 202 Å². The van der Waals surface area contributed by atoms with Gasteiger partial charge in [0.2, 0.25) is 0 Å². The van der Waals surface area contributed by atoms with Crippen LogP contribution in [0.4, 0.5) is 0 Å². The van der Waals surface area contributed by atoms with E-state index in [0.29, 0.717) is 0 Å². The Morgan fingerprint density at radius 3 is 1.76 bits per heavy atom. The van der Waals surface area contributed by atoms with Crippen LogP contribution in [-0.2, 0) is 0 Å². The maximum Gasteiger partial charge on any atom is 0.0160 e. The number of alkyl halides is 1. The summed E-state index contributed by atoms with van der Waals surface area (Å²) in [5.41, 5.74) is 0. The summed E-state index contributed by atoms with van der Waals surface area (Å²) in [5.74, 6) is 6.25. The normalized spacial score (nSPS) is 47.9. The first-order valence-electron chi connectivity index (χ1n) is 19.4. The van der Waals surface area contributed by atoms with E-state index in [1.54, 1.807) is 32.1 Å². The van der Waals surface area contributed by atoms with Crippen LogP contribution in [0.3, 0.4) is 0 Å². The molecule has 8 atom stereocenters. The first-order chi connectivity index (χ1) is 20.2. The van der Waals surface area contributed by atoms with Crippen molar-refractivity contribution in [2.75, 3.05) is 0 Å². The van der Waals surface area contributed by atoms with Gasteiger partial charge in [0.25, 0.3) is 0 Å². The van der Waals surface area contributed by atoms with Gasteiger partial charge >= 0.3 is 0 Å². The molecule has 1 N–H and O–H groups in total. The molecule has 7 aliphatic rings. The van der Waals surface area contributed by atoms with Gasteiger partial charge < -0.3 is 5.32 Å². The van der Waals surface area contributed by atoms with E-state index in [0.717, 1.165) is 70.5 Å². The Morgan fingerprint density at radius 2 is 1.02 bits per heavy atom. The van der Waals surface area contributed by atoms with Gasteiger partial charge in [0.05, 0.1) is 0 Å². The Labute approximate surface area is 262 Å². The number of hydrogen-bond donors (Lipinski definition) is 1. The van der Waals surface area contributed by atoms with Gasteiger partial charge in [-0.3, -0.25) is 4.90 Å². The van der Waals surface area contributed by atoms with Gasteiger partial charge in [-0.25, -0.2) is 0 Å². The molecule has 3 heteroatoms. The van der Waals surface area contributed by atoms with E-state index < -0.39 is 0 Å². The number of fused-ring (bicyclic) bond motifs is 2. The van der Waals surface area contributed by atoms with E-state index in [1.165, 1.54) is 135 Å². The van der Waals surface area contributed by atoms with Crippen molar-refractivity contribution in [3.05, 3.63) is 0 Å². The average Bonchev–Trinajstić information content (AvgIpc) is 3.02. The third-order valence-corrected chi connectivity index (χ3v) is 15.4. The molecule has 0 amide bonds. The minimum absolute atomic E-state index is 0.771. The van der Waals surface area contributed by atoms with Crippen molar-refractivity contribution in [1.82, 2.24) is 10.2 Å². The standard InChI is InChI=1S/C38H65BrN2/c39-31-12-7-13-34(26-31)41(38-17-6-11-30-9-2-4-15-36(30)38)33-24-20-28(21-25-33)27-18-22-32(23-19-27)40-37-16-5-10-29-8-1-3-14-35(29)37/h27-38,40H,1-26H2/t27?,28?,29-,30?,31?,32?,33?,34?,35?,36?,37+,38-/m1/s1. The number of rotatable bonds is 6. The number of nitrogens with one attached hydrogen (secondary N) is 1. The summed E-state index contributed by atoms with van der Waals surface area (Å²) in [6.45, 7) is 0. The summed E-state index contributed by atoms with van der Waals surface area (Å²) < 4.78 is 0. The summed E-state index contributed by atoms with van der Waals surface area (Å²) in [7, 11) is 0. The highest BCUT2D eigenvalue weighted by Crippen LogP contribution is 2.48. The Hall–Kier alpha value is 0.400. The minimum atomic E-state index is 0.771. The SMILES string of the molecule is BrC1CCCC(N(C2CCC(C3CCC(N[C@H]4CCC[C@H]5CCCCC54)CC3)CC2)[C@@H]2CCCC3CCCCC32)C1. The Kier molecular flexibility index (Phi) is 10.4. The van der Waals surface area contributed by atoms with E-state index in [1.807, 2.05) is 0 Å². The van der Waals surface area contributed by atoms with Crippen LogP contribution in [0.1, 0.15) is 167 Å². The van der Waals surface area contributed by atoms with Crippen LogP contribution in [0.15, 0.2) is 0 Å². The third-order valence-electron chi connectivity index (χ3n) is 14.6. The van der Waals surface area contributed by atoms with Crippen molar-refractivity contribution in [1.29, 1.82) is 0 Å². The number of hydrogen-bond acceptors (Lipinski definition) is 2. The van der Waals surface area contributed by atoms with Crippen LogP contribution in [0.25, 0.3) is 0 Å². The molecule has 0 heterocycles. The molecule has 41 heavy (non-hydrogen) atoms. The van der Waals surface area contributed by atoms with Gasteiger partial charge in [0.1, 0.15) is 0 Å². The summed E-state index contributed by atoms with van der Waals surface area (Å²) in [4.78, 5) is 4.04. The molecular weight excluding hydrogens is 564 g/mol. The maximum atomic E-state index is 4.29. The lowest BCUT2D eigenvalue weighted by molar-refractivity contribution is -0.0380. The predicted octanol–water partition coefficient (Wildman–Crippen LogP) is 10.4. The molecule has 2 nitrogen and oxygen atoms in total. The van der Waals surface area contributed by atoms with E-state index in [4.69, 9.17) is 0 Å². The molecular formula is C38H65BrN2. The minimum Gasteiger partial charge on any atom is -0.311 e. The van der Waals surface area contributed by atoms with Crippen LogP contribution < -0.4 is 5.32 Å². The molecule has 7 rings (SSSR count). The van der Waals surface area contributed by atoms with Crippen molar-refractivity contribution in [3.63, 3.8) is 0 Å². The first-order valence-corrected chi connectivity index (χ1v) is 20.3. The van der Waals surface area contributed by atoms with Crippen molar-refractivity contribution >= 4 is 15.9 Å². The zero-order valence-electron chi connectivity index (χ0n) is 26.6. The second-order valence-electron chi connectivity index (χ2n) is 16.7. The van der Waals surface area contributed by atoms with Gasteiger partial charge in [0, 0.05) is 35.0 Å². The van der Waals surface area contributed by atoms with E-state index in [9.17, 15) is 0 Å². The molecule has 7 fully saturated rings. The lowest BCUT2D eigenvalue weighted by Crippen LogP contribution is -2.57. The quantitative estimate of drug-likeness (QED) is 0.294. The summed E-state index contributed by atoms with van der Waals surface area (Å²) >= 11 is 4.10. The molecule has 0 radical (unpaired) electrons. The highest BCUT2D eigenvalue weighted by atomic mass is 79.9. The third kappa shape index (κ3) is 6.98. The molecule has 7 aliphatic carbocycles. The smallest absolute Gasteiger partial charge is 0.0160 e. The van der Waals surface area contributed by atoms with Crippen molar-refractivity contribution in [3.8, 4) is 0 Å². The number of nitrogens with zero attached hydrogens (tertiary/aromatic N) is 1. The Balaban J connectivity index is 0.934. The first kappa shape index (κ1) is 30.1.